The van der Waals surface area contributed by atoms with Gasteiger partial charge in [-0.05, 0) is 45.8 Å². The maximum Gasteiger partial charge on any atom is 0.168 e. The number of carbonyl (C=O) groups excluding carboxylic acids is 1. The lowest BCUT2D eigenvalue weighted by Crippen LogP contribution is -2.06. The first kappa shape index (κ1) is 15.2. The maximum absolute atomic E-state index is 13.4. The Hall–Kier alpha value is -1.20. The molecule has 0 amide bonds. The molecule has 0 aliphatic rings. The third-order valence-corrected chi connectivity index (χ3v) is 4.44. The second kappa shape index (κ2) is 6.50. The number of ketones is 1. The second-order valence-corrected chi connectivity index (χ2v) is 5.81. The molecule has 20 heavy (non-hydrogen) atoms. The standard InChI is InChI=1S/C15H11Br2FO2/c1-20-10-5-6-12(16)11(8-10)14(19)7-9-3-2-4-13(18)15(9)17/h2-6,8H,7H2,1H3. The lowest BCUT2D eigenvalue weighted by Gasteiger charge is -2.08. The third kappa shape index (κ3) is 3.27. The molecule has 104 valence electrons. The van der Waals surface area contributed by atoms with Crippen LogP contribution in [0, 0.1) is 5.82 Å². The summed E-state index contributed by atoms with van der Waals surface area (Å²) >= 11 is 6.51. The summed E-state index contributed by atoms with van der Waals surface area (Å²) in [5.74, 6) is 0.122. The van der Waals surface area contributed by atoms with E-state index in [0.717, 1.165) is 0 Å². The van der Waals surface area contributed by atoms with Gasteiger partial charge in [-0.3, -0.25) is 4.79 Å². The van der Waals surface area contributed by atoms with Gasteiger partial charge in [-0.15, -0.1) is 0 Å². The predicted octanol–water partition coefficient (Wildman–Crippen LogP) is 4.78. The Balaban J connectivity index is 2.30. The van der Waals surface area contributed by atoms with Gasteiger partial charge in [0.1, 0.15) is 11.6 Å². The zero-order valence-electron chi connectivity index (χ0n) is 10.6. The Labute approximate surface area is 133 Å². The highest BCUT2D eigenvalue weighted by Gasteiger charge is 2.15. The smallest absolute Gasteiger partial charge is 0.168 e. The summed E-state index contributed by atoms with van der Waals surface area (Å²) in [5.41, 5.74) is 1.13. The number of methoxy groups -OCH3 is 1. The van der Waals surface area contributed by atoms with Gasteiger partial charge in [-0.25, -0.2) is 4.39 Å². The predicted molar refractivity (Wildman–Crippen MR) is 82.8 cm³/mol. The number of carbonyl (C=O) groups is 1. The van der Waals surface area contributed by atoms with Crippen LogP contribution in [0.2, 0.25) is 0 Å². The molecule has 0 unspecified atom stereocenters. The van der Waals surface area contributed by atoms with E-state index in [9.17, 15) is 9.18 Å². The molecule has 0 spiro atoms. The Morgan fingerprint density at radius 3 is 2.70 bits per heavy atom. The average molecular weight is 402 g/mol. The average Bonchev–Trinajstić information content (AvgIpc) is 2.44. The minimum atomic E-state index is -0.375. The van der Waals surface area contributed by atoms with Crippen molar-refractivity contribution in [3.05, 3.63) is 62.3 Å². The minimum absolute atomic E-state index is 0.109. The summed E-state index contributed by atoms with van der Waals surface area (Å²) in [5, 5.41) is 0. The first-order chi connectivity index (χ1) is 9.52. The van der Waals surface area contributed by atoms with E-state index in [-0.39, 0.29) is 18.0 Å². The molecule has 0 heterocycles. The van der Waals surface area contributed by atoms with Crippen molar-refractivity contribution in [3.63, 3.8) is 0 Å². The monoisotopic (exact) mass is 400 g/mol. The molecule has 0 saturated carbocycles. The fourth-order valence-electron chi connectivity index (χ4n) is 1.80. The van der Waals surface area contributed by atoms with E-state index in [2.05, 4.69) is 31.9 Å². The van der Waals surface area contributed by atoms with E-state index in [4.69, 9.17) is 4.74 Å². The van der Waals surface area contributed by atoms with Crippen molar-refractivity contribution >= 4 is 37.6 Å². The zero-order valence-corrected chi connectivity index (χ0v) is 13.8. The molecule has 0 aliphatic heterocycles. The van der Waals surface area contributed by atoms with Crippen molar-refractivity contribution in [2.75, 3.05) is 7.11 Å². The van der Waals surface area contributed by atoms with Crippen molar-refractivity contribution in [1.82, 2.24) is 0 Å². The van der Waals surface area contributed by atoms with E-state index in [0.29, 0.717) is 25.8 Å². The van der Waals surface area contributed by atoms with Crippen LogP contribution in [0.3, 0.4) is 0 Å². The van der Waals surface area contributed by atoms with E-state index in [1.54, 1.807) is 37.4 Å². The van der Waals surface area contributed by atoms with Crippen LogP contribution in [0.15, 0.2) is 45.3 Å². The van der Waals surface area contributed by atoms with Crippen LogP contribution in [0.25, 0.3) is 0 Å². The van der Waals surface area contributed by atoms with E-state index < -0.39 is 0 Å². The highest BCUT2D eigenvalue weighted by molar-refractivity contribution is 9.10. The van der Waals surface area contributed by atoms with E-state index >= 15 is 0 Å². The van der Waals surface area contributed by atoms with Gasteiger partial charge in [0.25, 0.3) is 0 Å². The highest BCUT2D eigenvalue weighted by Crippen LogP contribution is 2.26. The Morgan fingerprint density at radius 1 is 1.25 bits per heavy atom. The number of rotatable bonds is 4. The molecule has 2 aromatic rings. The fraction of sp³-hybridized carbons (Fsp3) is 0.133. The van der Waals surface area contributed by atoms with Crippen LogP contribution < -0.4 is 4.74 Å². The van der Waals surface area contributed by atoms with Crippen molar-refractivity contribution in [1.29, 1.82) is 0 Å². The van der Waals surface area contributed by atoms with Crippen LogP contribution >= 0.6 is 31.9 Å². The summed E-state index contributed by atoms with van der Waals surface area (Å²) in [6.07, 6.45) is 0.115. The van der Waals surface area contributed by atoms with Gasteiger partial charge >= 0.3 is 0 Å². The lowest BCUT2D eigenvalue weighted by atomic mass is 10.0. The van der Waals surface area contributed by atoms with Gasteiger partial charge in [0, 0.05) is 16.5 Å². The molecule has 0 saturated heterocycles. The molecule has 0 aliphatic carbocycles. The van der Waals surface area contributed by atoms with Crippen molar-refractivity contribution in [3.8, 4) is 5.75 Å². The summed E-state index contributed by atoms with van der Waals surface area (Å²) in [6, 6.07) is 9.84. The van der Waals surface area contributed by atoms with E-state index in [1.807, 2.05) is 0 Å². The van der Waals surface area contributed by atoms with Gasteiger partial charge in [-0.2, -0.15) is 0 Å². The number of hydrogen-bond donors (Lipinski definition) is 0. The topological polar surface area (TPSA) is 26.3 Å². The molecule has 0 atom stereocenters. The number of Topliss-reactive ketones (excluding diaryl/α,β-unsaturated/α-hetero) is 1. The Kier molecular flexibility index (Phi) is 4.94. The Bertz CT molecular complexity index is 656. The fourth-order valence-corrected chi connectivity index (χ4v) is 2.67. The molecule has 5 heteroatoms. The lowest BCUT2D eigenvalue weighted by molar-refractivity contribution is 0.0991. The van der Waals surface area contributed by atoms with Crippen molar-refractivity contribution in [2.24, 2.45) is 0 Å². The molecule has 2 nitrogen and oxygen atoms in total. The van der Waals surface area contributed by atoms with Gasteiger partial charge < -0.3 is 4.74 Å². The minimum Gasteiger partial charge on any atom is -0.497 e. The van der Waals surface area contributed by atoms with E-state index in [1.165, 1.54) is 6.07 Å². The van der Waals surface area contributed by atoms with Gasteiger partial charge in [-0.1, -0.05) is 28.1 Å². The molecule has 0 radical (unpaired) electrons. The number of ether oxygens (including phenoxy) is 1. The normalized spacial score (nSPS) is 10.4. The summed E-state index contributed by atoms with van der Waals surface area (Å²) in [4.78, 5) is 12.3. The molecule has 2 aromatic carbocycles. The molecular formula is C15H11Br2FO2. The van der Waals surface area contributed by atoms with Crippen LogP contribution in [-0.4, -0.2) is 12.9 Å². The molecule has 0 fully saturated rings. The van der Waals surface area contributed by atoms with Gasteiger partial charge in [0.05, 0.1) is 11.6 Å². The highest BCUT2D eigenvalue weighted by atomic mass is 79.9. The second-order valence-electron chi connectivity index (χ2n) is 4.16. The summed E-state index contributed by atoms with van der Waals surface area (Å²) in [7, 11) is 1.54. The van der Waals surface area contributed by atoms with Crippen molar-refractivity contribution < 1.29 is 13.9 Å². The largest absolute Gasteiger partial charge is 0.497 e. The van der Waals surface area contributed by atoms with Crippen LogP contribution in [0.1, 0.15) is 15.9 Å². The Morgan fingerprint density at radius 2 is 2.00 bits per heavy atom. The first-order valence-corrected chi connectivity index (χ1v) is 7.41. The van der Waals surface area contributed by atoms with Crippen LogP contribution in [0.5, 0.6) is 5.75 Å². The molecule has 0 N–H and O–H groups in total. The quantitative estimate of drug-likeness (QED) is 0.688. The first-order valence-electron chi connectivity index (χ1n) is 5.82. The number of hydrogen-bond acceptors (Lipinski definition) is 2. The van der Waals surface area contributed by atoms with Crippen LogP contribution in [0.4, 0.5) is 4.39 Å². The summed E-state index contributed by atoms with van der Waals surface area (Å²) < 4.78 is 19.6. The maximum atomic E-state index is 13.4. The molecule has 2 rings (SSSR count). The zero-order chi connectivity index (χ0) is 14.7. The van der Waals surface area contributed by atoms with Gasteiger partial charge in [0.2, 0.25) is 0 Å². The number of halogens is 3. The van der Waals surface area contributed by atoms with Crippen LogP contribution in [-0.2, 0) is 6.42 Å². The van der Waals surface area contributed by atoms with Gasteiger partial charge in [0.15, 0.2) is 5.78 Å². The summed E-state index contributed by atoms with van der Waals surface area (Å²) in [6.45, 7) is 0. The van der Waals surface area contributed by atoms with Crippen molar-refractivity contribution in [2.45, 2.75) is 6.42 Å². The SMILES string of the molecule is COc1ccc(Br)c(C(=O)Cc2cccc(F)c2Br)c1. The third-order valence-electron chi connectivity index (χ3n) is 2.86. The molecular weight excluding hydrogens is 391 g/mol. The molecule has 0 aromatic heterocycles. The number of benzene rings is 2. The molecule has 0 bridgehead atoms.